The van der Waals surface area contributed by atoms with Crippen molar-refractivity contribution in [2.75, 3.05) is 19.8 Å². The summed E-state index contributed by atoms with van der Waals surface area (Å²) in [5.41, 5.74) is 2.59. The van der Waals surface area contributed by atoms with Gasteiger partial charge in [0.05, 0.1) is 6.10 Å². The largest absolute Gasteiger partial charge is 0.375 e. The van der Waals surface area contributed by atoms with Crippen LogP contribution in [-0.2, 0) is 15.9 Å². The van der Waals surface area contributed by atoms with Gasteiger partial charge in [-0.3, -0.25) is 4.98 Å². The first kappa shape index (κ1) is 14.9. The van der Waals surface area contributed by atoms with Gasteiger partial charge in [0.15, 0.2) is 0 Å². The van der Waals surface area contributed by atoms with Gasteiger partial charge < -0.3 is 14.8 Å². The molecule has 116 valence electrons. The Balaban J connectivity index is 1.53. The molecule has 0 bridgehead atoms. The Kier molecular flexibility index (Phi) is 4.57. The lowest BCUT2D eigenvalue weighted by molar-refractivity contribution is -0.197. The van der Waals surface area contributed by atoms with Gasteiger partial charge in [0, 0.05) is 31.6 Å². The highest BCUT2D eigenvalue weighted by molar-refractivity contribution is 5.22. The molecule has 1 saturated carbocycles. The van der Waals surface area contributed by atoms with Gasteiger partial charge in [-0.1, -0.05) is 0 Å². The first-order valence-electron chi connectivity index (χ1n) is 8.14. The van der Waals surface area contributed by atoms with Crippen LogP contribution in [0.3, 0.4) is 0 Å². The second-order valence-electron chi connectivity index (χ2n) is 6.15. The molecule has 1 spiro atoms. The van der Waals surface area contributed by atoms with E-state index in [-0.39, 0.29) is 11.7 Å². The van der Waals surface area contributed by atoms with Crippen LogP contribution in [0.25, 0.3) is 0 Å². The molecule has 1 saturated heterocycles. The van der Waals surface area contributed by atoms with Gasteiger partial charge in [-0.2, -0.15) is 0 Å². The van der Waals surface area contributed by atoms with Crippen molar-refractivity contribution in [1.29, 1.82) is 0 Å². The average Bonchev–Trinajstić information content (AvgIpc) is 3.00. The third-order valence-corrected chi connectivity index (χ3v) is 4.96. The summed E-state index contributed by atoms with van der Waals surface area (Å²) in [5.74, 6) is 0. The minimum Gasteiger partial charge on any atom is -0.375 e. The Morgan fingerprint density at radius 3 is 3.14 bits per heavy atom. The summed E-state index contributed by atoms with van der Waals surface area (Å²) in [5, 5.41) is 3.69. The molecule has 2 heterocycles. The summed E-state index contributed by atoms with van der Waals surface area (Å²) >= 11 is 0. The summed E-state index contributed by atoms with van der Waals surface area (Å²) in [6, 6.07) is 2.56. The van der Waals surface area contributed by atoms with Crippen molar-refractivity contribution in [1.82, 2.24) is 10.3 Å². The molecular weight excluding hydrogens is 264 g/mol. The van der Waals surface area contributed by atoms with E-state index in [4.69, 9.17) is 9.47 Å². The fourth-order valence-electron chi connectivity index (χ4n) is 3.72. The van der Waals surface area contributed by atoms with Crippen LogP contribution in [0, 0.1) is 6.92 Å². The first-order chi connectivity index (χ1) is 10.3. The molecule has 1 aliphatic heterocycles. The molecule has 21 heavy (non-hydrogen) atoms. The number of hydrogen-bond donors (Lipinski definition) is 1. The van der Waals surface area contributed by atoms with E-state index < -0.39 is 0 Å². The molecule has 3 atom stereocenters. The summed E-state index contributed by atoms with van der Waals surface area (Å²) in [6.45, 7) is 6.83. The number of ether oxygens (including phenoxy) is 2. The molecule has 2 aliphatic rings. The van der Waals surface area contributed by atoms with Gasteiger partial charge in [-0.05, 0) is 63.3 Å². The van der Waals surface area contributed by atoms with Crippen LogP contribution >= 0.6 is 0 Å². The Hall–Kier alpha value is -0.970. The van der Waals surface area contributed by atoms with Gasteiger partial charge in [0.1, 0.15) is 5.60 Å². The summed E-state index contributed by atoms with van der Waals surface area (Å²) in [6.07, 6.45) is 8.49. The van der Waals surface area contributed by atoms with E-state index in [1.165, 1.54) is 11.1 Å². The summed E-state index contributed by atoms with van der Waals surface area (Å²) in [4.78, 5) is 4.15. The lowest BCUT2D eigenvalue weighted by Crippen LogP contribution is -2.69. The second-order valence-corrected chi connectivity index (χ2v) is 6.15. The SMILES string of the molecule is CCO[C@H]1CC(NCCc2ccncc2C)[C@@]12CCCO2. The molecule has 0 amide bonds. The fourth-order valence-corrected chi connectivity index (χ4v) is 3.72. The lowest BCUT2D eigenvalue weighted by Gasteiger charge is -2.52. The van der Waals surface area contributed by atoms with E-state index >= 15 is 0 Å². The van der Waals surface area contributed by atoms with Crippen LogP contribution in [0.1, 0.15) is 37.3 Å². The first-order valence-corrected chi connectivity index (χ1v) is 8.14. The molecule has 1 aromatic rings. The van der Waals surface area contributed by atoms with Gasteiger partial charge >= 0.3 is 0 Å². The minimum absolute atomic E-state index is 0.0523. The molecule has 0 radical (unpaired) electrons. The fraction of sp³-hybridized carbons (Fsp3) is 0.706. The van der Waals surface area contributed by atoms with E-state index in [9.17, 15) is 0 Å². The molecule has 0 aromatic carbocycles. The standard InChI is InChI=1S/C17H26N2O2/c1-3-20-16-11-15(17(16)7-4-10-21-17)19-9-6-14-5-8-18-12-13(14)2/h5,8,12,15-16,19H,3-4,6-7,9-11H2,1-2H3/t15?,16-,17-/m0/s1. The third kappa shape index (κ3) is 2.85. The van der Waals surface area contributed by atoms with E-state index in [2.05, 4.69) is 30.2 Å². The van der Waals surface area contributed by atoms with E-state index in [0.29, 0.717) is 6.04 Å². The second kappa shape index (κ2) is 6.42. The van der Waals surface area contributed by atoms with Crippen molar-refractivity contribution in [2.45, 2.75) is 57.3 Å². The molecule has 3 rings (SSSR count). The zero-order valence-corrected chi connectivity index (χ0v) is 13.1. The molecule has 1 N–H and O–H groups in total. The molecule has 1 aliphatic carbocycles. The number of nitrogens with zero attached hydrogens (tertiary/aromatic N) is 1. The van der Waals surface area contributed by atoms with E-state index in [0.717, 1.165) is 45.4 Å². The van der Waals surface area contributed by atoms with Crippen molar-refractivity contribution in [3.8, 4) is 0 Å². The van der Waals surface area contributed by atoms with Crippen molar-refractivity contribution >= 4 is 0 Å². The maximum absolute atomic E-state index is 6.08. The van der Waals surface area contributed by atoms with Gasteiger partial charge in [-0.25, -0.2) is 0 Å². The maximum Gasteiger partial charge on any atom is 0.110 e. The van der Waals surface area contributed by atoms with Crippen LogP contribution in [0.2, 0.25) is 0 Å². The summed E-state index contributed by atoms with van der Waals surface area (Å²) < 4.78 is 11.9. The van der Waals surface area contributed by atoms with E-state index in [1.807, 2.05) is 12.4 Å². The highest BCUT2D eigenvalue weighted by Gasteiger charge is 2.58. The Labute approximate surface area is 127 Å². The van der Waals surface area contributed by atoms with Crippen molar-refractivity contribution < 1.29 is 9.47 Å². The normalized spacial score (nSPS) is 31.5. The summed E-state index contributed by atoms with van der Waals surface area (Å²) in [7, 11) is 0. The van der Waals surface area contributed by atoms with Crippen LogP contribution in [0.4, 0.5) is 0 Å². The lowest BCUT2D eigenvalue weighted by atomic mass is 9.70. The molecule has 2 fully saturated rings. The van der Waals surface area contributed by atoms with Crippen LogP contribution in [-0.4, -0.2) is 42.5 Å². The number of aromatic nitrogens is 1. The van der Waals surface area contributed by atoms with Crippen LogP contribution in [0.5, 0.6) is 0 Å². The molecule has 1 unspecified atom stereocenters. The van der Waals surface area contributed by atoms with E-state index in [1.54, 1.807) is 0 Å². The number of pyridine rings is 1. The predicted octanol–water partition coefficient (Wildman–Crippen LogP) is 2.25. The highest BCUT2D eigenvalue weighted by atomic mass is 16.6. The minimum atomic E-state index is -0.0523. The zero-order valence-electron chi connectivity index (χ0n) is 13.1. The molecule has 4 heteroatoms. The topological polar surface area (TPSA) is 43.4 Å². The average molecular weight is 290 g/mol. The molecule has 4 nitrogen and oxygen atoms in total. The van der Waals surface area contributed by atoms with Gasteiger partial charge in [0.25, 0.3) is 0 Å². The quantitative estimate of drug-likeness (QED) is 0.872. The maximum atomic E-state index is 6.08. The van der Waals surface area contributed by atoms with Crippen LogP contribution in [0.15, 0.2) is 18.5 Å². The highest BCUT2D eigenvalue weighted by Crippen LogP contribution is 2.45. The number of aryl methyl sites for hydroxylation is 1. The Morgan fingerprint density at radius 2 is 2.43 bits per heavy atom. The number of rotatable bonds is 6. The Bertz CT molecular complexity index is 472. The van der Waals surface area contributed by atoms with Crippen molar-refractivity contribution in [2.24, 2.45) is 0 Å². The Morgan fingerprint density at radius 1 is 1.52 bits per heavy atom. The molecule has 1 aromatic heterocycles. The number of nitrogens with one attached hydrogen (secondary N) is 1. The van der Waals surface area contributed by atoms with Gasteiger partial charge in [0.2, 0.25) is 0 Å². The molecular formula is C17H26N2O2. The number of hydrogen-bond acceptors (Lipinski definition) is 4. The monoisotopic (exact) mass is 290 g/mol. The third-order valence-electron chi connectivity index (χ3n) is 4.96. The van der Waals surface area contributed by atoms with Crippen molar-refractivity contribution in [3.63, 3.8) is 0 Å². The predicted molar refractivity (Wildman–Crippen MR) is 82.4 cm³/mol. The van der Waals surface area contributed by atoms with Gasteiger partial charge in [-0.15, -0.1) is 0 Å². The zero-order chi connectivity index (χ0) is 14.7. The van der Waals surface area contributed by atoms with Crippen LogP contribution < -0.4 is 5.32 Å². The smallest absolute Gasteiger partial charge is 0.110 e. The van der Waals surface area contributed by atoms with Crippen molar-refractivity contribution in [3.05, 3.63) is 29.6 Å².